The summed E-state index contributed by atoms with van der Waals surface area (Å²) in [5.74, 6) is 0. The van der Waals surface area contributed by atoms with Crippen molar-refractivity contribution in [1.82, 2.24) is 20.3 Å². The molecule has 6 nitrogen and oxygen atoms in total. The van der Waals surface area contributed by atoms with E-state index in [0.29, 0.717) is 19.8 Å². The molecule has 16 heavy (non-hydrogen) atoms. The van der Waals surface area contributed by atoms with Crippen LogP contribution in [0.2, 0.25) is 0 Å². The molecule has 2 rings (SSSR count). The van der Waals surface area contributed by atoms with Gasteiger partial charge in [-0.2, -0.15) is 0 Å². The number of nitrogens with one attached hydrogen (secondary N) is 1. The van der Waals surface area contributed by atoms with Gasteiger partial charge in [0.15, 0.2) is 0 Å². The SMILES string of the molecule is Cn1cc(CNC2(CO)CCOCC2)nn1. The molecule has 2 heterocycles. The first-order valence-electron chi connectivity index (χ1n) is 5.53. The van der Waals surface area contributed by atoms with Crippen LogP contribution in [0.5, 0.6) is 0 Å². The lowest BCUT2D eigenvalue weighted by atomic mass is 9.91. The zero-order valence-electron chi connectivity index (χ0n) is 9.52. The summed E-state index contributed by atoms with van der Waals surface area (Å²) in [6.45, 7) is 2.17. The topological polar surface area (TPSA) is 72.2 Å². The Kier molecular flexibility index (Phi) is 3.52. The molecule has 1 aromatic heterocycles. The van der Waals surface area contributed by atoms with Crippen molar-refractivity contribution in [3.05, 3.63) is 11.9 Å². The number of aromatic nitrogens is 3. The molecule has 0 atom stereocenters. The molecule has 1 fully saturated rings. The molecule has 0 saturated carbocycles. The summed E-state index contributed by atoms with van der Waals surface area (Å²) in [6, 6.07) is 0. The summed E-state index contributed by atoms with van der Waals surface area (Å²) in [5, 5.41) is 20.7. The standard InChI is InChI=1S/C10H18N4O2/c1-14-7-9(12-13-14)6-11-10(8-15)2-4-16-5-3-10/h7,11,15H,2-6,8H2,1H3. The highest BCUT2D eigenvalue weighted by Crippen LogP contribution is 2.20. The van der Waals surface area contributed by atoms with E-state index in [1.807, 2.05) is 13.2 Å². The van der Waals surface area contributed by atoms with Gasteiger partial charge in [-0.25, -0.2) is 0 Å². The summed E-state index contributed by atoms with van der Waals surface area (Å²) in [6.07, 6.45) is 3.55. The number of aliphatic hydroxyl groups excluding tert-OH is 1. The van der Waals surface area contributed by atoms with E-state index in [9.17, 15) is 5.11 Å². The van der Waals surface area contributed by atoms with Crippen molar-refractivity contribution in [2.24, 2.45) is 7.05 Å². The first-order chi connectivity index (χ1) is 7.74. The number of hydrogen-bond acceptors (Lipinski definition) is 5. The molecule has 0 spiro atoms. The maximum Gasteiger partial charge on any atom is 0.0964 e. The van der Waals surface area contributed by atoms with E-state index in [1.54, 1.807) is 4.68 Å². The van der Waals surface area contributed by atoms with Gasteiger partial charge >= 0.3 is 0 Å². The Morgan fingerprint density at radius 3 is 2.88 bits per heavy atom. The fraction of sp³-hybridized carbons (Fsp3) is 0.800. The zero-order chi connectivity index (χ0) is 11.4. The van der Waals surface area contributed by atoms with Gasteiger partial charge in [-0.15, -0.1) is 5.10 Å². The predicted molar refractivity (Wildman–Crippen MR) is 57.7 cm³/mol. The second-order valence-electron chi connectivity index (χ2n) is 4.29. The summed E-state index contributed by atoms with van der Waals surface area (Å²) in [4.78, 5) is 0. The maximum absolute atomic E-state index is 9.47. The number of rotatable bonds is 4. The van der Waals surface area contributed by atoms with Crippen molar-refractivity contribution < 1.29 is 9.84 Å². The molecule has 1 aliphatic rings. The Morgan fingerprint density at radius 1 is 1.56 bits per heavy atom. The first kappa shape index (κ1) is 11.5. The molecule has 6 heteroatoms. The van der Waals surface area contributed by atoms with Crippen molar-refractivity contribution in [1.29, 1.82) is 0 Å². The molecule has 0 amide bonds. The lowest BCUT2D eigenvalue weighted by molar-refractivity contribution is 0.0110. The van der Waals surface area contributed by atoms with Gasteiger partial charge in [-0.1, -0.05) is 5.21 Å². The van der Waals surface area contributed by atoms with E-state index >= 15 is 0 Å². The number of ether oxygens (including phenoxy) is 1. The fourth-order valence-electron chi connectivity index (χ4n) is 1.91. The molecular formula is C10H18N4O2. The van der Waals surface area contributed by atoms with Gasteiger partial charge in [0.2, 0.25) is 0 Å². The number of aliphatic hydroxyl groups is 1. The van der Waals surface area contributed by atoms with Gasteiger partial charge in [0.25, 0.3) is 0 Å². The molecule has 0 radical (unpaired) electrons. The highest BCUT2D eigenvalue weighted by Gasteiger charge is 2.31. The molecular weight excluding hydrogens is 208 g/mol. The molecule has 0 aromatic carbocycles. The van der Waals surface area contributed by atoms with Crippen molar-refractivity contribution >= 4 is 0 Å². The van der Waals surface area contributed by atoms with Gasteiger partial charge < -0.3 is 15.2 Å². The summed E-state index contributed by atoms with van der Waals surface area (Å²) in [7, 11) is 1.84. The van der Waals surface area contributed by atoms with Crippen molar-refractivity contribution in [2.45, 2.75) is 24.9 Å². The Bertz CT molecular complexity index is 333. The third-order valence-electron chi connectivity index (χ3n) is 3.05. The van der Waals surface area contributed by atoms with Gasteiger partial charge in [0.1, 0.15) is 0 Å². The molecule has 1 saturated heterocycles. The fourth-order valence-corrected chi connectivity index (χ4v) is 1.91. The summed E-state index contributed by atoms with van der Waals surface area (Å²) in [5.41, 5.74) is 0.678. The van der Waals surface area contributed by atoms with E-state index in [2.05, 4.69) is 15.6 Å². The smallest absolute Gasteiger partial charge is 0.0964 e. The van der Waals surface area contributed by atoms with Gasteiger partial charge in [0.05, 0.1) is 12.3 Å². The lowest BCUT2D eigenvalue weighted by Gasteiger charge is -2.36. The first-order valence-corrected chi connectivity index (χ1v) is 5.53. The second kappa shape index (κ2) is 4.90. The Labute approximate surface area is 94.6 Å². The number of aryl methyl sites for hydroxylation is 1. The van der Waals surface area contributed by atoms with Crippen LogP contribution in [0.15, 0.2) is 6.20 Å². The van der Waals surface area contributed by atoms with E-state index in [1.165, 1.54) is 0 Å². The molecule has 1 aromatic rings. The average Bonchev–Trinajstić information content (AvgIpc) is 2.74. The van der Waals surface area contributed by atoms with Gasteiger partial charge in [-0.3, -0.25) is 4.68 Å². The third kappa shape index (κ3) is 2.58. The number of nitrogens with zero attached hydrogens (tertiary/aromatic N) is 3. The Balaban J connectivity index is 1.91. The van der Waals surface area contributed by atoms with E-state index < -0.39 is 0 Å². The molecule has 0 unspecified atom stereocenters. The normalized spacial score (nSPS) is 19.9. The van der Waals surface area contributed by atoms with E-state index in [-0.39, 0.29) is 12.1 Å². The zero-order valence-corrected chi connectivity index (χ0v) is 9.52. The molecule has 0 aliphatic carbocycles. The maximum atomic E-state index is 9.47. The van der Waals surface area contributed by atoms with Crippen LogP contribution in [0.4, 0.5) is 0 Å². The van der Waals surface area contributed by atoms with E-state index in [4.69, 9.17) is 4.74 Å². The highest BCUT2D eigenvalue weighted by atomic mass is 16.5. The van der Waals surface area contributed by atoms with Gasteiger partial charge in [0, 0.05) is 38.5 Å². The van der Waals surface area contributed by atoms with Crippen LogP contribution in [-0.4, -0.2) is 45.5 Å². The summed E-state index contributed by atoms with van der Waals surface area (Å²) < 4.78 is 6.97. The Morgan fingerprint density at radius 2 is 2.31 bits per heavy atom. The Hall–Kier alpha value is -0.980. The second-order valence-corrected chi connectivity index (χ2v) is 4.29. The van der Waals surface area contributed by atoms with Crippen LogP contribution in [0.3, 0.4) is 0 Å². The minimum atomic E-state index is -0.213. The van der Waals surface area contributed by atoms with Gasteiger partial charge in [-0.05, 0) is 12.8 Å². The third-order valence-corrected chi connectivity index (χ3v) is 3.05. The van der Waals surface area contributed by atoms with Crippen molar-refractivity contribution in [2.75, 3.05) is 19.8 Å². The summed E-state index contributed by atoms with van der Waals surface area (Å²) >= 11 is 0. The minimum Gasteiger partial charge on any atom is -0.394 e. The van der Waals surface area contributed by atoms with Crippen LogP contribution in [0, 0.1) is 0 Å². The highest BCUT2D eigenvalue weighted by molar-refractivity contribution is 4.96. The largest absolute Gasteiger partial charge is 0.394 e. The number of hydrogen-bond donors (Lipinski definition) is 2. The lowest BCUT2D eigenvalue weighted by Crippen LogP contribution is -2.51. The quantitative estimate of drug-likeness (QED) is 0.720. The monoisotopic (exact) mass is 226 g/mol. The molecule has 0 bridgehead atoms. The molecule has 90 valence electrons. The van der Waals surface area contributed by atoms with Crippen LogP contribution in [-0.2, 0) is 18.3 Å². The van der Waals surface area contributed by atoms with E-state index in [0.717, 1.165) is 18.5 Å². The van der Waals surface area contributed by atoms with Crippen molar-refractivity contribution in [3.8, 4) is 0 Å². The average molecular weight is 226 g/mol. The van der Waals surface area contributed by atoms with Crippen LogP contribution in [0.1, 0.15) is 18.5 Å². The van der Waals surface area contributed by atoms with Crippen LogP contribution >= 0.6 is 0 Å². The predicted octanol–water partition coefficient (Wildman–Crippen LogP) is -0.554. The molecule has 1 aliphatic heterocycles. The van der Waals surface area contributed by atoms with Crippen LogP contribution in [0.25, 0.3) is 0 Å². The molecule has 2 N–H and O–H groups in total. The van der Waals surface area contributed by atoms with Crippen LogP contribution < -0.4 is 5.32 Å². The van der Waals surface area contributed by atoms with Crippen molar-refractivity contribution in [3.63, 3.8) is 0 Å². The minimum absolute atomic E-state index is 0.136.